The molecule has 112 valence electrons. The molecule has 1 aromatic rings. The molecule has 2 N–H and O–H groups in total. The Morgan fingerprint density at radius 3 is 2.90 bits per heavy atom. The largest absolute Gasteiger partial charge is 0.492 e. The van der Waals surface area contributed by atoms with Crippen molar-refractivity contribution in [2.45, 2.75) is 32.2 Å². The predicted octanol–water partition coefficient (Wildman–Crippen LogP) is 2.18. The van der Waals surface area contributed by atoms with Crippen molar-refractivity contribution in [1.82, 2.24) is 4.90 Å². The van der Waals surface area contributed by atoms with Crippen LogP contribution in [0.5, 0.6) is 5.75 Å². The standard InChI is InChI=1S/C15H23FN2O2/c1-12(17)5-3-8-15(19)18(2)9-10-20-14-7-4-6-13(16)11-14/h4,6-7,11-12H,3,5,8-10,17H2,1-2H3. The quantitative estimate of drug-likeness (QED) is 0.795. The Hall–Kier alpha value is -1.62. The molecular formula is C15H23FN2O2. The molecular weight excluding hydrogens is 259 g/mol. The summed E-state index contributed by atoms with van der Waals surface area (Å²) in [5, 5.41) is 0. The van der Waals surface area contributed by atoms with Crippen LogP contribution in [-0.4, -0.2) is 37.0 Å². The number of nitrogens with zero attached hydrogens (tertiary/aromatic N) is 1. The molecule has 1 aromatic carbocycles. The molecule has 0 fully saturated rings. The number of benzene rings is 1. The van der Waals surface area contributed by atoms with Crippen molar-refractivity contribution in [3.63, 3.8) is 0 Å². The van der Waals surface area contributed by atoms with Gasteiger partial charge < -0.3 is 15.4 Å². The maximum atomic E-state index is 12.9. The summed E-state index contributed by atoms with van der Waals surface area (Å²) < 4.78 is 18.3. The van der Waals surface area contributed by atoms with Gasteiger partial charge in [-0.3, -0.25) is 4.79 Å². The highest BCUT2D eigenvalue weighted by molar-refractivity contribution is 5.75. The molecule has 0 saturated heterocycles. The fourth-order valence-electron chi connectivity index (χ4n) is 1.75. The highest BCUT2D eigenvalue weighted by atomic mass is 19.1. The minimum absolute atomic E-state index is 0.0773. The lowest BCUT2D eigenvalue weighted by atomic mass is 10.1. The van der Waals surface area contributed by atoms with Crippen LogP contribution in [-0.2, 0) is 4.79 Å². The Morgan fingerprint density at radius 1 is 1.50 bits per heavy atom. The highest BCUT2D eigenvalue weighted by Crippen LogP contribution is 2.11. The molecule has 0 heterocycles. The average molecular weight is 282 g/mol. The molecule has 0 aliphatic carbocycles. The summed E-state index contributed by atoms with van der Waals surface area (Å²) in [6.45, 7) is 2.76. The van der Waals surface area contributed by atoms with Crippen LogP contribution in [0, 0.1) is 5.82 Å². The third-order valence-corrected chi connectivity index (χ3v) is 2.97. The fourth-order valence-corrected chi connectivity index (χ4v) is 1.75. The number of carbonyl (C=O) groups excluding carboxylic acids is 1. The zero-order valence-corrected chi connectivity index (χ0v) is 12.1. The second-order valence-electron chi connectivity index (χ2n) is 4.99. The van der Waals surface area contributed by atoms with Crippen LogP contribution in [0.25, 0.3) is 0 Å². The minimum atomic E-state index is -0.331. The van der Waals surface area contributed by atoms with E-state index in [4.69, 9.17) is 10.5 Å². The van der Waals surface area contributed by atoms with E-state index in [0.717, 1.165) is 12.8 Å². The maximum Gasteiger partial charge on any atom is 0.222 e. The van der Waals surface area contributed by atoms with Gasteiger partial charge >= 0.3 is 0 Å². The first-order valence-corrected chi connectivity index (χ1v) is 6.87. The van der Waals surface area contributed by atoms with Crippen molar-refractivity contribution in [1.29, 1.82) is 0 Å². The molecule has 1 unspecified atom stereocenters. The predicted molar refractivity (Wildman–Crippen MR) is 77.0 cm³/mol. The number of nitrogens with two attached hydrogens (primary N) is 1. The van der Waals surface area contributed by atoms with E-state index < -0.39 is 0 Å². The zero-order chi connectivity index (χ0) is 15.0. The summed E-state index contributed by atoms with van der Waals surface area (Å²) in [4.78, 5) is 13.4. The average Bonchev–Trinajstić information content (AvgIpc) is 2.38. The van der Waals surface area contributed by atoms with E-state index in [9.17, 15) is 9.18 Å². The summed E-state index contributed by atoms with van der Waals surface area (Å²) in [6, 6.07) is 6.09. The number of amides is 1. The monoisotopic (exact) mass is 282 g/mol. The number of hydrogen-bond donors (Lipinski definition) is 1. The third kappa shape index (κ3) is 6.52. The van der Waals surface area contributed by atoms with E-state index in [1.807, 2.05) is 6.92 Å². The normalized spacial score (nSPS) is 12.0. The lowest BCUT2D eigenvalue weighted by Gasteiger charge is -2.17. The molecule has 0 aliphatic rings. The van der Waals surface area contributed by atoms with Gasteiger partial charge in [-0.05, 0) is 31.9 Å². The SMILES string of the molecule is CC(N)CCCC(=O)N(C)CCOc1cccc(F)c1. The second kappa shape index (κ2) is 8.53. The molecule has 5 heteroatoms. The molecule has 20 heavy (non-hydrogen) atoms. The molecule has 1 rings (SSSR count). The van der Waals surface area contributed by atoms with Gasteiger partial charge in [0, 0.05) is 25.6 Å². The van der Waals surface area contributed by atoms with Crippen LogP contribution >= 0.6 is 0 Å². The van der Waals surface area contributed by atoms with E-state index in [1.165, 1.54) is 12.1 Å². The lowest BCUT2D eigenvalue weighted by Crippen LogP contribution is -2.31. The summed E-state index contributed by atoms with van der Waals surface area (Å²) in [5.74, 6) is 0.221. The number of ether oxygens (including phenoxy) is 1. The Bertz CT molecular complexity index is 424. The maximum absolute atomic E-state index is 12.9. The van der Waals surface area contributed by atoms with Gasteiger partial charge in [0.25, 0.3) is 0 Å². The van der Waals surface area contributed by atoms with Gasteiger partial charge in [0.2, 0.25) is 5.91 Å². The Kier molecular flexibility index (Phi) is 7.01. The van der Waals surface area contributed by atoms with Gasteiger partial charge in [-0.25, -0.2) is 4.39 Å². The van der Waals surface area contributed by atoms with Gasteiger partial charge in [0.1, 0.15) is 18.2 Å². The number of rotatable bonds is 8. The molecule has 0 saturated carbocycles. The Balaban J connectivity index is 2.22. The van der Waals surface area contributed by atoms with Crippen LogP contribution in [0.3, 0.4) is 0 Å². The molecule has 1 amide bonds. The van der Waals surface area contributed by atoms with Crippen molar-refractivity contribution < 1.29 is 13.9 Å². The van der Waals surface area contributed by atoms with Gasteiger partial charge in [0.15, 0.2) is 0 Å². The van der Waals surface area contributed by atoms with Crippen LogP contribution in [0.1, 0.15) is 26.2 Å². The van der Waals surface area contributed by atoms with Crippen molar-refractivity contribution in [2.75, 3.05) is 20.2 Å². The molecule has 1 atom stereocenters. The van der Waals surface area contributed by atoms with Crippen LogP contribution in [0.2, 0.25) is 0 Å². The van der Waals surface area contributed by atoms with Crippen LogP contribution in [0.15, 0.2) is 24.3 Å². The van der Waals surface area contributed by atoms with Crippen molar-refractivity contribution in [2.24, 2.45) is 5.73 Å². The van der Waals surface area contributed by atoms with E-state index in [0.29, 0.717) is 25.3 Å². The molecule has 0 aliphatic heterocycles. The lowest BCUT2D eigenvalue weighted by molar-refractivity contribution is -0.130. The Morgan fingerprint density at radius 2 is 2.25 bits per heavy atom. The van der Waals surface area contributed by atoms with Crippen molar-refractivity contribution in [3.05, 3.63) is 30.1 Å². The first kappa shape index (κ1) is 16.4. The van der Waals surface area contributed by atoms with Gasteiger partial charge in [-0.1, -0.05) is 6.07 Å². The number of hydrogen-bond acceptors (Lipinski definition) is 3. The Labute approximate surface area is 119 Å². The van der Waals surface area contributed by atoms with E-state index >= 15 is 0 Å². The molecule has 4 nitrogen and oxygen atoms in total. The molecule has 0 aromatic heterocycles. The minimum Gasteiger partial charge on any atom is -0.492 e. The fraction of sp³-hybridized carbons (Fsp3) is 0.533. The van der Waals surface area contributed by atoms with E-state index in [2.05, 4.69) is 0 Å². The second-order valence-corrected chi connectivity index (χ2v) is 4.99. The van der Waals surface area contributed by atoms with Crippen molar-refractivity contribution in [3.8, 4) is 5.75 Å². The van der Waals surface area contributed by atoms with Gasteiger partial charge in [-0.2, -0.15) is 0 Å². The third-order valence-electron chi connectivity index (χ3n) is 2.97. The molecule has 0 radical (unpaired) electrons. The first-order valence-electron chi connectivity index (χ1n) is 6.87. The van der Waals surface area contributed by atoms with E-state index in [1.54, 1.807) is 24.1 Å². The molecule has 0 spiro atoms. The van der Waals surface area contributed by atoms with Gasteiger partial charge in [-0.15, -0.1) is 0 Å². The number of likely N-dealkylation sites (N-methyl/N-ethyl adjacent to an activating group) is 1. The van der Waals surface area contributed by atoms with Crippen LogP contribution in [0.4, 0.5) is 4.39 Å². The van der Waals surface area contributed by atoms with Crippen molar-refractivity contribution >= 4 is 5.91 Å². The topological polar surface area (TPSA) is 55.6 Å². The number of carbonyl (C=O) groups is 1. The summed E-state index contributed by atoms with van der Waals surface area (Å²) in [5.41, 5.74) is 5.64. The smallest absolute Gasteiger partial charge is 0.222 e. The highest BCUT2D eigenvalue weighted by Gasteiger charge is 2.09. The first-order chi connectivity index (χ1) is 9.49. The summed E-state index contributed by atoms with van der Waals surface area (Å²) >= 11 is 0. The molecule has 0 bridgehead atoms. The van der Waals surface area contributed by atoms with Crippen LogP contribution < -0.4 is 10.5 Å². The van der Waals surface area contributed by atoms with Gasteiger partial charge in [0.05, 0.1) is 6.54 Å². The summed E-state index contributed by atoms with van der Waals surface area (Å²) in [6.07, 6.45) is 2.14. The zero-order valence-electron chi connectivity index (χ0n) is 12.1. The van der Waals surface area contributed by atoms with E-state index in [-0.39, 0.29) is 17.8 Å². The number of halogens is 1. The summed E-state index contributed by atoms with van der Waals surface area (Å²) in [7, 11) is 1.74.